The molecule has 0 spiro atoms. The van der Waals surface area contributed by atoms with E-state index in [1.54, 1.807) is 0 Å². The molecule has 1 aliphatic carbocycles. The fourth-order valence-electron chi connectivity index (χ4n) is 4.76. The molecule has 0 unspecified atom stereocenters. The summed E-state index contributed by atoms with van der Waals surface area (Å²) < 4.78 is 10.7. The van der Waals surface area contributed by atoms with E-state index >= 15 is 0 Å². The maximum Gasteiger partial charge on any atom is 0.329 e. The van der Waals surface area contributed by atoms with Crippen LogP contribution in [0.5, 0.6) is 0 Å². The summed E-state index contributed by atoms with van der Waals surface area (Å²) in [5, 5.41) is 2.80. The molecule has 3 rings (SSSR count). The predicted octanol–water partition coefficient (Wildman–Crippen LogP) is 10.6. The molecule has 0 saturated heterocycles. The molecule has 208 valence electrons. The molecule has 0 aliphatic heterocycles. The lowest BCUT2D eigenvalue weighted by atomic mass is 9.93. The van der Waals surface area contributed by atoms with E-state index in [4.69, 9.17) is 9.05 Å². The van der Waals surface area contributed by atoms with Gasteiger partial charge in [-0.25, -0.2) is 0 Å². The van der Waals surface area contributed by atoms with Crippen molar-refractivity contribution in [2.75, 3.05) is 13.2 Å². The maximum absolute atomic E-state index is 9.67. The van der Waals surface area contributed by atoms with Crippen LogP contribution in [-0.2, 0) is 15.5 Å². The molecule has 3 nitrogen and oxygen atoms in total. The Kier molecular flexibility index (Phi) is 17.1. The lowest BCUT2D eigenvalue weighted by Gasteiger charge is -2.11. The molecular formula is C33H53O3P. The molecule has 0 radical (unpaired) electrons. The third-order valence-corrected chi connectivity index (χ3v) is 7.72. The lowest BCUT2D eigenvalue weighted by Crippen LogP contribution is -1.96. The van der Waals surface area contributed by atoms with Crippen molar-refractivity contribution < 1.29 is 13.9 Å². The van der Waals surface area contributed by atoms with Crippen molar-refractivity contribution in [2.24, 2.45) is 11.8 Å². The van der Waals surface area contributed by atoms with E-state index in [9.17, 15) is 4.89 Å². The third-order valence-electron chi connectivity index (χ3n) is 6.91. The Morgan fingerprint density at radius 1 is 0.703 bits per heavy atom. The number of benzene rings is 2. The molecule has 4 heteroatoms. The SMILES string of the molecule is C1=Cc2cccc3cccc(c23)C1.CC(C)CCCCCCCOP(O)OCCCCCCCC(C)C. The third kappa shape index (κ3) is 14.5. The van der Waals surface area contributed by atoms with Gasteiger partial charge in [-0.2, -0.15) is 0 Å². The van der Waals surface area contributed by atoms with E-state index < -0.39 is 8.60 Å². The Morgan fingerprint density at radius 3 is 1.78 bits per heavy atom. The van der Waals surface area contributed by atoms with Gasteiger partial charge in [-0.1, -0.05) is 140 Å². The first-order valence-corrected chi connectivity index (χ1v) is 16.0. The van der Waals surface area contributed by atoms with Crippen molar-refractivity contribution in [3.63, 3.8) is 0 Å². The standard InChI is InChI=1S/C20H43O3P.C13H10/c1-19(2)15-11-7-5-9-13-17-22-24(21)23-18-14-10-6-8-12-16-20(3)4;1-4-10-6-2-8-12-9-3-7-11(5-1)13(10)12/h19-21H,5-18H2,1-4H3;1-8H,9H2. The summed E-state index contributed by atoms with van der Waals surface area (Å²) in [6.45, 7) is 10.4. The molecule has 0 fully saturated rings. The Hall–Kier alpha value is -1.25. The van der Waals surface area contributed by atoms with Gasteiger partial charge in [0.05, 0.1) is 13.2 Å². The minimum Gasteiger partial charge on any atom is -0.328 e. The first-order valence-electron chi connectivity index (χ1n) is 14.9. The fraction of sp³-hybridized carbons (Fsp3) is 0.636. The molecule has 2 aromatic carbocycles. The van der Waals surface area contributed by atoms with Gasteiger partial charge in [0.2, 0.25) is 0 Å². The van der Waals surface area contributed by atoms with Gasteiger partial charge in [0, 0.05) is 0 Å². The second kappa shape index (κ2) is 19.8. The number of hydrogen-bond donors (Lipinski definition) is 1. The summed E-state index contributed by atoms with van der Waals surface area (Å²) in [6, 6.07) is 13.0. The van der Waals surface area contributed by atoms with Crippen LogP contribution in [0.25, 0.3) is 16.8 Å². The van der Waals surface area contributed by atoms with Crippen LogP contribution < -0.4 is 0 Å². The summed E-state index contributed by atoms with van der Waals surface area (Å²) in [4.78, 5) is 9.67. The van der Waals surface area contributed by atoms with Gasteiger partial charge >= 0.3 is 8.60 Å². The Bertz CT molecular complexity index is 848. The lowest BCUT2D eigenvalue weighted by molar-refractivity contribution is 0.193. The molecule has 37 heavy (non-hydrogen) atoms. The topological polar surface area (TPSA) is 38.7 Å². The predicted molar refractivity (Wildman–Crippen MR) is 163 cm³/mol. The van der Waals surface area contributed by atoms with Crippen molar-refractivity contribution in [1.29, 1.82) is 0 Å². The normalized spacial score (nSPS) is 12.5. The molecule has 0 bridgehead atoms. The molecule has 0 heterocycles. The van der Waals surface area contributed by atoms with Gasteiger partial charge in [-0.05, 0) is 53.0 Å². The molecule has 0 amide bonds. The highest BCUT2D eigenvalue weighted by Gasteiger charge is 2.07. The first-order chi connectivity index (χ1) is 18.0. The maximum atomic E-state index is 9.67. The minimum absolute atomic E-state index is 0.627. The Morgan fingerprint density at radius 2 is 1.22 bits per heavy atom. The molecule has 1 N–H and O–H groups in total. The highest BCUT2D eigenvalue weighted by Crippen LogP contribution is 2.33. The molecule has 0 atom stereocenters. The number of hydrogen-bond acceptors (Lipinski definition) is 3. The van der Waals surface area contributed by atoms with Gasteiger partial charge < -0.3 is 13.9 Å². The average molecular weight is 529 g/mol. The van der Waals surface area contributed by atoms with E-state index in [1.165, 1.54) is 86.1 Å². The van der Waals surface area contributed by atoms with Crippen LogP contribution in [0.15, 0.2) is 42.5 Å². The van der Waals surface area contributed by atoms with Crippen LogP contribution in [0.3, 0.4) is 0 Å². The van der Waals surface area contributed by atoms with Gasteiger partial charge in [0.1, 0.15) is 0 Å². The van der Waals surface area contributed by atoms with E-state index in [2.05, 4.69) is 76.2 Å². The summed E-state index contributed by atoms with van der Waals surface area (Å²) in [7, 11) is -1.65. The van der Waals surface area contributed by atoms with E-state index in [0.717, 1.165) is 31.1 Å². The summed E-state index contributed by atoms with van der Waals surface area (Å²) in [5.74, 6) is 1.65. The fourth-order valence-corrected chi connectivity index (χ4v) is 5.41. The number of allylic oxidation sites excluding steroid dienone is 1. The zero-order chi connectivity index (χ0) is 26.7. The highest BCUT2D eigenvalue weighted by atomic mass is 31.2. The summed E-state index contributed by atoms with van der Waals surface area (Å²) in [5.41, 5.74) is 2.81. The molecular weight excluding hydrogens is 475 g/mol. The molecule has 1 aliphatic rings. The Labute approximate surface area is 229 Å². The second-order valence-electron chi connectivity index (χ2n) is 11.3. The van der Waals surface area contributed by atoms with Crippen molar-refractivity contribution in [3.8, 4) is 0 Å². The van der Waals surface area contributed by atoms with Crippen LogP contribution in [0.2, 0.25) is 0 Å². The van der Waals surface area contributed by atoms with Crippen LogP contribution in [0.1, 0.15) is 116 Å². The van der Waals surface area contributed by atoms with E-state index in [1.807, 2.05) is 0 Å². The van der Waals surface area contributed by atoms with Gasteiger partial charge in [-0.3, -0.25) is 0 Å². The first kappa shape index (κ1) is 32.0. The van der Waals surface area contributed by atoms with Crippen molar-refractivity contribution in [3.05, 3.63) is 53.6 Å². The highest BCUT2D eigenvalue weighted by molar-refractivity contribution is 7.40. The molecule has 2 aromatic rings. The van der Waals surface area contributed by atoms with Crippen molar-refractivity contribution in [1.82, 2.24) is 0 Å². The number of unbranched alkanes of at least 4 members (excludes halogenated alkanes) is 8. The van der Waals surface area contributed by atoms with E-state index in [0.29, 0.717) is 13.2 Å². The smallest absolute Gasteiger partial charge is 0.328 e. The molecule has 0 aromatic heterocycles. The molecule has 0 saturated carbocycles. The monoisotopic (exact) mass is 528 g/mol. The van der Waals surface area contributed by atoms with Crippen molar-refractivity contribution in [2.45, 2.75) is 111 Å². The zero-order valence-corrected chi connectivity index (χ0v) is 25.0. The summed E-state index contributed by atoms with van der Waals surface area (Å²) in [6.07, 6.45) is 20.5. The quantitative estimate of drug-likeness (QED) is 0.154. The minimum atomic E-state index is -1.65. The largest absolute Gasteiger partial charge is 0.329 e. The Balaban J connectivity index is 0.000000303. The average Bonchev–Trinajstić information content (AvgIpc) is 2.88. The zero-order valence-electron chi connectivity index (χ0n) is 24.1. The van der Waals surface area contributed by atoms with E-state index in [-0.39, 0.29) is 0 Å². The number of rotatable bonds is 18. The van der Waals surface area contributed by atoms with Crippen LogP contribution in [0.4, 0.5) is 0 Å². The van der Waals surface area contributed by atoms with Crippen LogP contribution >= 0.6 is 8.60 Å². The van der Waals surface area contributed by atoms with Crippen LogP contribution in [0, 0.1) is 11.8 Å². The van der Waals surface area contributed by atoms with Gasteiger partial charge in [-0.15, -0.1) is 0 Å². The van der Waals surface area contributed by atoms with Crippen LogP contribution in [-0.4, -0.2) is 18.1 Å². The van der Waals surface area contributed by atoms with Gasteiger partial charge in [0.15, 0.2) is 0 Å². The second-order valence-corrected chi connectivity index (χ2v) is 12.3. The van der Waals surface area contributed by atoms with Crippen molar-refractivity contribution >= 4 is 25.5 Å². The summed E-state index contributed by atoms with van der Waals surface area (Å²) >= 11 is 0. The van der Waals surface area contributed by atoms with Gasteiger partial charge in [0.25, 0.3) is 0 Å².